The van der Waals surface area contributed by atoms with Gasteiger partial charge in [-0.05, 0) is 12.0 Å². The minimum atomic E-state index is -0.129. The highest BCUT2D eigenvalue weighted by atomic mass is 16.5. The second kappa shape index (κ2) is 7.26. The van der Waals surface area contributed by atoms with Crippen molar-refractivity contribution >= 4 is 5.97 Å². The Morgan fingerprint density at radius 1 is 1.32 bits per heavy atom. The fraction of sp³-hybridized carbons (Fsp3) is 0.533. The Morgan fingerprint density at radius 3 is 2.63 bits per heavy atom. The molecule has 1 aliphatic heterocycles. The van der Waals surface area contributed by atoms with Gasteiger partial charge in [0.2, 0.25) is 0 Å². The van der Waals surface area contributed by atoms with Crippen molar-refractivity contribution in [2.45, 2.75) is 6.42 Å². The van der Waals surface area contributed by atoms with Crippen LogP contribution in [-0.2, 0) is 20.7 Å². The normalized spacial score (nSPS) is 17.9. The predicted molar refractivity (Wildman–Crippen MR) is 72.9 cm³/mol. The van der Waals surface area contributed by atoms with Crippen LogP contribution >= 0.6 is 0 Å². The Kier molecular flexibility index (Phi) is 5.36. The maximum absolute atomic E-state index is 11.9. The number of nitrogens with zero attached hydrogens (tertiary/aromatic N) is 1. The van der Waals surface area contributed by atoms with Crippen molar-refractivity contribution < 1.29 is 14.3 Å². The molecule has 0 saturated carbocycles. The predicted octanol–water partition coefficient (Wildman–Crippen LogP) is 1.35. The van der Waals surface area contributed by atoms with Crippen molar-refractivity contribution in [1.82, 2.24) is 4.90 Å². The van der Waals surface area contributed by atoms with Gasteiger partial charge in [0.25, 0.3) is 0 Å². The van der Waals surface area contributed by atoms with Gasteiger partial charge in [-0.2, -0.15) is 0 Å². The molecule has 0 radical (unpaired) electrons. The van der Waals surface area contributed by atoms with E-state index in [2.05, 4.69) is 17.0 Å². The SMILES string of the molecule is COC(=O)C(Cc1ccccc1)CN1CCOCC1. The Morgan fingerprint density at radius 2 is 2.00 bits per heavy atom. The number of benzene rings is 1. The Hall–Kier alpha value is -1.39. The minimum absolute atomic E-state index is 0.106. The Labute approximate surface area is 114 Å². The van der Waals surface area contributed by atoms with Crippen molar-refractivity contribution in [3.05, 3.63) is 35.9 Å². The van der Waals surface area contributed by atoms with Gasteiger partial charge in [0.05, 0.1) is 26.2 Å². The van der Waals surface area contributed by atoms with Gasteiger partial charge >= 0.3 is 5.97 Å². The average Bonchev–Trinajstić information content (AvgIpc) is 2.48. The molecule has 0 amide bonds. The summed E-state index contributed by atoms with van der Waals surface area (Å²) in [6.45, 7) is 4.02. The van der Waals surface area contributed by atoms with Gasteiger partial charge < -0.3 is 9.47 Å². The molecule has 1 unspecified atom stereocenters. The van der Waals surface area contributed by atoms with E-state index in [1.165, 1.54) is 12.7 Å². The van der Waals surface area contributed by atoms with Gasteiger partial charge in [0, 0.05) is 19.6 Å². The molecule has 0 aliphatic carbocycles. The number of morpholine rings is 1. The zero-order chi connectivity index (χ0) is 13.5. The van der Waals surface area contributed by atoms with Crippen molar-refractivity contribution in [3.63, 3.8) is 0 Å². The summed E-state index contributed by atoms with van der Waals surface area (Å²) in [6, 6.07) is 10.1. The summed E-state index contributed by atoms with van der Waals surface area (Å²) < 4.78 is 10.3. The molecule has 0 bridgehead atoms. The number of carbonyl (C=O) groups is 1. The Bertz CT molecular complexity index is 388. The lowest BCUT2D eigenvalue weighted by molar-refractivity contribution is -0.146. The maximum atomic E-state index is 11.9. The molecule has 0 aromatic heterocycles. The number of rotatable bonds is 5. The largest absolute Gasteiger partial charge is 0.469 e. The van der Waals surface area contributed by atoms with E-state index in [1.54, 1.807) is 0 Å². The molecule has 19 heavy (non-hydrogen) atoms. The number of methoxy groups -OCH3 is 1. The maximum Gasteiger partial charge on any atom is 0.310 e. The summed E-state index contributed by atoms with van der Waals surface area (Å²) >= 11 is 0. The summed E-state index contributed by atoms with van der Waals surface area (Å²) in [5.74, 6) is -0.235. The molecule has 1 heterocycles. The standard InChI is InChI=1S/C15H21NO3/c1-18-15(17)14(11-13-5-3-2-4-6-13)12-16-7-9-19-10-8-16/h2-6,14H,7-12H2,1H3. The number of hydrogen-bond acceptors (Lipinski definition) is 4. The zero-order valence-corrected chi connectivity index (χ0v) is 11.4. The van der Waals surface area contributed by atoms with Gasteiger partial charge in [-0.25, -0.2) is 0 Å². The van der Waals surface area contributed by atoms with Crippen LogP contribution in [0.5, 0.6) is 0 Å². The summed E-state index contributed by atoms with van der Waals surface area (Å²) in [7, 11) is 1.46. The highest BCUT2D eigenvalue weighted by Crippen LogP contribution is 2.13. The van der Waals surface area contributed by atoms with E-state index in [0.29, 0.717) is 0 Å². The van der Waals surface area contributed by atoms with E-state index >= 15 is 0 Å². The van der Waals surface area contributed by atoms with E-state index in [0.717, 1.165) is 39.3 Å². The molecule has 104 valence electrons. The van der Waals surface area contributed by atoms with E-state index in [1.807, 2.05) is 18.2 Å². The number of carbonyl (C=O) groups excluding carboxylic acids is 1. The van der Waals surface area contributed by atoms with Crippen LogP contribution in [0.15, 0.2) is 30.3 Å². The molecule has 1 atom stereocenters. The molecular weight excluding hydrogens is 242 g/mol. The topological polar surface area (TPSA) is 38.8 Å². The highest BCUT2D eigenvalue weighted by molar-refractivity contribution is 5.73. The summed E-state index contributed by atoms with van der Waals surface area (Å²) in [6.07, 6.45) is 0.727. The molecule has 4 heteroatoms. The molecule has 1 saturated heterocycles. The lowest BCUT2D eigenvalue weighted by atomic mass is 9.98. The first-order chi connectivity index (χ1) is 9.29. The first kappa shape index (κ1) is 14.0. The second-order valence-electron chi connectivity index (χ2n) is 4.82. The molecule has 1 aliphatic rings. The van der Waals surface area contributed by atoms with Gasteiger partial charge in [0.1, 0.15) is 0 Å². The van der Waals surface area contributed by atoms with Gasteiger partial charge in [-0.3, -0.25) is 9.69 Å². The zero-order valence-electron chi connectivity index (χ0n) is 11.4. The van der Waals surface area contributed by atoms with Crippen LogP contribution in [0.3, 0.4) is 0 Å². The monoisotopic (exact) mass is 263 g/mol. The van der Waals surface area contributed by atoms with Crippen molar-refractivity contribution in [3.8, 4) is 0 Å². The van der Waals surface area contributed by atoms with Crippen LogP contribution in [0.25, 0.3) is 0 Å². The third-order valence-electron chi connectivity index (χ3n) is 3.44. The Balaban J connectivity index is 1.97. The van der Waals surface area contributed by atoms with Crippen LogP contribution in [0.4, 0.5) is 0 Å². The van der Waals surface area contributed by atoms with Crippen LogP contribution in [0.2, 0.25) is 0 Å². The van der Waals surface area contributed by atoms with Gasteiger partial charge in [0.15, 0.2) is 0 Å². The molecule has 4 nitrogen and oxygen atoms in total. The molecule has 1 fully saturated rings. The molecule has 1 aromatic rings. The lowest BCUT2D eigenvalue weighted by Gasteiger charge is -2.29. The van der Waals surface area contributed by atoms with Gasteiger partial charge in [-0.15, -0.1) is 0 Å². The number of hydrogen-bond donors (Lipinski definition) is 0. The van der Waals surface area contributed by atoms with E-state index in [-0.39, 0.29) is 11.9 Å². The summed E-state index contributed by atoms with van der Waals surface area (Å²) in [5.41, 5.74) is 1.17. The quantitative estimate of drug-likeness (QED) is 0.752. The molecule has 1 aromatic carbocycles. The summed E-state index contributed by atoms with van der Waals surface area (Å²) in [5, 5.41) is 0. The van der Waals surface area contributed by atoms with E-state index in [4.69, 9.17) is 9.47 Å². The molecular formula is C15H21NO3. The second-order valence-corrected chi connectivity index (χ2v) is 4.82. The first-order valence-electron chi connectivity index (χ1n) is 6.71. The highest BCUT2D eigenvalue weighted by Gasteiger charge is 2.23. The van der Waals surface area contributed by atoms with Crippen molar-refractivity contribution in [2.75, 3.05) is 40.0 Å². The third-order valence-corrected chi connectivity index (χ3v) is 3.44. The fourth-order valence-electron chi connectivity index (χ4n) is 2.38. The van der Waals surface area contributed by atoms with Crippen molar-refractivity contribution in [2.24, 2.45) is 5.92 Å². The van der Waals surface area contributed by atoms with Crippen LogP contribution in [0, 0.1) is 5.92 Å². The van der Waals surface area contributed by atoms with E-state index in [9.17, 15) is 4.79 Å². The van der Waals surface area contributed by atoms with Crippen molar-refractivity contribution in [1.29, 1.82) is 0 Å². The molecule has 0 spiro atoms. The van der Waals surface area contributed by atoms with E-state index < -0.39 is 0 Å². The van der Waals surface area contributed by atoms with Gasteiger partial charge in [-0.1, -0.05) is 30.3 Å². The first-order valence-corrected chi connectivity index (χ1v) is 6.71. The molecule has 0 N–H and O–H groups in total. The van der Waals surface area contributed by atoms with Crippen LogP contribution < -0.4 is 0 Å². The smallest absolute Gasteiger partial charge is 0.310 e. The molecule has 2 rings (SSSR count). The lowest BCUT2D eigenvalue weighted by Crippen LogP contribution is -2.41. The fourth-order valence-corrected chi connectivity index (χ4v) is 2.38. The average molecular weight is 263 g/mol. The minimum Gasteiger partial charge on any atom is -0.469 e. The third kappa shape index (κ3) is 4.33. The summed E-state index contributed by atoms with van der Waals surface area (Å²) in [4.78, 5) is 14.2. The van der Waals surface area contributed by atoms with Crippen LogP contribution in [0.1, 0.15) is 5.56 Å². The van der Waals surface area contributed by atoms with Crippen LogP contribution in [-0.4, -0.2) is 50.8 Å². The number of esters is 1. The number of ether oxygens (including phenoxy) is 2.